The third kappa shape index (κ3) is 7.32. The van der Waals surface area contributed by atoms with Gasteiger partial charge in [0.1, 0.15) is 5.75 Å². The number of carbonyl (C=O) groups excluding carboxylic acids is 1. The molecule has 10 heteroatoms. The maximum atomic E-state index is 13.3. The number of sulfonamides is 1. The maximum Gasteiger partial charge on any atom is 0.243 e. The summed E-state index contributed by atoms with van der Waals surface area (Å²) in [7, 11) is -0.562. The summed E-state index contributed by atoms with van der Waals surface area (Å²) in [4.78, 5) is 23.4. The van der Waals surface area contributed by atoms with Crippen molar-refractivity contribution in [3.63, 3.8) is 0 Å². The van der Waals surface area contributed by atoms with Gasteiger partial charge >= 0.3 is 0 Å². The quantitative estimate of drug-likeness (QED) is 0.407. The molecule has 1 unspecified atom stereocenters. The number of aryl methyl sites for hydroxylation is 2. The molecule has 0 N–H and O–H groups in total. The van der Waals surface area contributed by atoms with E-state index < -0.39 is 10.0 Å². The Balaban J connectivity index is 1.03. The summed E-state index contributed by atoms with van der Waals surface area (Å²) in [5.41, 5.74) is 1.30. The molecule has 236 valence electrons. The molecular formula is C32H53N5O4S. The van der Waals surface area contributed by atoms with Gasteiger partial charge in [0.05, 0.1) is 12.0 Å². The second kappa shape index (κ2) is 13.9. The van der Waals surface area contributed by atoms with Gasteiger partial charge in [0.25, 0.3) is 0 Å². The summed E-state index contributed by atoms with van der Waals surface area (Å²) in [5.74, 6) is 1.59. The number of amides is 1. The lowest BCUT2D eigenvalue weighted by Gasteiger charge is -2.43. The third-order valence-electron chi connectivity index (χ3n) is 10.4. The lowest BCUT2D eigenvalue weighted by atomic mass is 9.84. The Labute approximate surface area is 254 Å². The van der Waals surface area contributed by atoms with Crippen LogP contribution in [-0.2, 0) is 14.8 Å². The number of hydrogen-bond acceptors (Lipinski definition) is 7. The van der Waals surface area contributed by atoms with E-state index in [-0.39, 0.29) is 18.9 Å². The smallest absolute Gasteiger partial charge is 0.243 e. The van der Waals surface area contributed by atoms with Gasteiger partial charge in [0.15, 0.2) is 0 Å². The summed E-state index contributed by atoms with van der Waals surface area (Å²) < 4.78 is 33.3. The van der Waals surface area contributed by atoms with E-state index in [1.165, 1.54) is 62.5 Å². The fraction of sp³-hybridized carbons (Fsp3) is 0.781. The number of hydrogen-bond donors (Lipinski definition) is 0. The van der Waals surface area contributed by atoms with Crippen LogP contribution in [0.25, 0.3) is 0 Å². The van der Waals surface area contributed by atoms with Gasteiger partial charge in [-0.05, 0) is 101 Å². The summed E-state index contributed by atoms with van der Waals surface area (Å²) >= 11 is 0. The zero-order valence-corrected chi connectivity index (χ0v) is 27.2. The molecule has 1 aromatic carbocycles. The normalized spacial score (nSPS) is 26.8. The average molecular weight is 604 g/mol. The van der Waals surface area contributed by atoms with Crippen LogP contribution in [0.3, 0.4) is 0 Å². The molecule has 0 radical (unpaired) electrons. The number of nitrogens with zero attached hydrogens (tertiary/aromatic N) is 5. The maximum absolute atomic E-state index is 13.3. The van der Waals surface area contributed by atoms with Gasteiger partial charge in [-0.3, -0.25) is 14.6 Å². The Kier molecular flexibility index (Phi) is 10.5. The number of carbonyl (C=O) groups is 1. The molecule has 1 atom stereocenters. The Morgan fingerprint density at radius 3 is 2.07 bits per heavy atom. The minimum Gasteiger partial charge on any atom is -0.497 e. The summed E-state index contributed by atoms with van der Waals surface area (Å²) in [6, 6.07) is 4.65. The molecule has 1 aromatic rings. The van der Waals surface area contributed by atoms with Crippen molar-refractivity contribution in [2.45, 2.75) is 82.2 Å². The van der Waals surface area contributed by atoms with Crippen molar-refractivity contribution in [2.75, 3.05) is 79.6 Å². The molecule has 5 rings (SSSR count). The molecule has 0 bridgehead atoms. The molecule has 1 saturated carbocycles. The number of piperazine rings is 1. The molecule has 9 nitrogen and oxygen atoms in total. The molecule has 1 aliphatic carbocycles. The summed E-state index contributed by atoms with van der Waals surface area (Å²) in [6.45, 7) is 13.7. The number of likely N-dealkylation sites (tertiary alicyclic amines) is 2. The molecule has 4 aliphatic rings. The predicted molar refractivity (Wildman–Crippen MR) is 166 cm³/mol. The lowest BCUT2D eigenvalue weighted by molar-refractivity contribution is -0.130. The van der Waals surface area contributed by atoms with Gasteiger partial charge in [0.2, 0.25) is 15.9 Å². The molecule has 0 aromatic heterocycles. The first-order chi connectivity index (χ1) is 20.2. The number of rotatable bonds is 10. The van der Waals surface area contributed by atoms with E-state index in [1.54, 1.807) is 40.1 Å². The molecule has 4 fully saturated rings. The van der Waals surface area contributed by atoms with Gasteiger partial charge < -0.3 is 14.5 Å². The van der Waals surface area contributed by atoms with E-state index in [2.05, 4.69) is 14.7 Å². The average Bonchev–Trinajstić information content (AvgIpc) is 3.68. The van der Waals surface area contributed by atoms with E-state index in [9.17, 15) is 13.2 Å². The van der Waals surface area contributed by atoms with Crippen molar-refractivity contribution in [3.8, 4) is 5.75 Å². The van der Waals surface area contributed by atoms with Crippen LogP contribution in [-0.4, -0.2) is 130 Å². The molecule has 3 aliphatic heterocycles. The van der Waals surface area contributed by atoms with Gasteiger partial charge in [0, 0.05) is 77.9 Å². The zero-order valence-electron chi connectivity index (χ0n) is 26.4. The van der Waals surface area contributed by atoms with Crippen LogP contribution in [0, 0.1) is 19.8 Å². The molecular weight excluding hydrogens is 550 g/mol. The second-order valence-electron chi connectivity index (χ2n) is 13.2. The van der Waals surface area contributed by atoms with Crippen LogP contribution in [0.1, 0.15) is 62.5 Å². The largest absolute Gasteiger partial charge is 0.497 e. The minimum atomic E-state index is -3.70. The van der Waals surface area contributed by atoms with Crippen molar-refractivity contribution in [1.82, 2.24) is 23.9 Å². The van der Waals surface area contributed by atoms with E-state index in [0.29, 0.717) is 27.8 Å². The Morgan fingerprint density at radius 2 is 1.48 bits per heavy atom. The third-order valence-corrected chi connectivity index (χ3v) is 12.6. The fourth-order valence-corrected chi connectivity index (χ4v) is 9.45. The van der Waals surface area contributed by atoms with Crippen LogP contribution < -0.4 is 4.74 Å². The second-order valence-corrected chi connectivity index (χ2v) is 15.2. The first kappa shape index (κ1) is 31.7. The summed E-state index contributed by atoms with van der Waals surface area (Å²) in [6.07, 6.45) is 9.46. The monoisotopic (exact) mass is 603 g/mol. The van der Waals surface area contributed by atoms with Crippen molar-refractivity contribution >= 4 is 15.9 Å². The van der Waals surface area contributed by atoms with E-state index >= 15 is 0 Å². The van der Waals surface area contributed by atoms with Crippen molar-refractivity contribution in [1.29, 1.82) is 0 Å². The molecule has 1 amide bonds. The molecule has 0 spiro atoms. The highest BCUT2D eigenvalue weighted by atomic mass is 32.2. The van der Waals surface area contributed by atoms with Crippen LogP contribution in [0.2, 0.25) is 0 Å². The first-order valence-corrected chi connectivity index (χ1v) is 17.7. The van der Waals surface area contributed by atoms with Gasteiger partial charge in [-0.1, -0.05) is 0 Å². The van der Waals surface area contributed by atoms with E-state index in [0.717, 1.165) is 57.6 Å². The predicted octanol–water partition coefficient (Wildman–Crippen LogP) is 3.20. The highest BCUT2D eigenvalue weighted by molar-refractivity contribution is 7.89. The number of ether oxygens (including phenoxy) is 1. The van der Waals surface area contributed by atoms with Crippen molar-refractivity contribution < 1.29 is 17.9 Å². The Bertz CT molecular complexity index is 1150. The summed E-state index contributed by atoms with van der Waals surface area (Å²) in [5, 5.41) is 0. The molecule has 3 heterocycles. The molecule has 3 saturated heterocycles. The van der Waals surface area contributed by atoms with Gasteiger partial charge in [-0.15, -0.1) is 0 Å². The number of benzene rings is 1. The van der Waals surface area contributed by atoms with Gasteiger partial charge in [-0.2, -0.15) is 0 Å². The van der Waals surface area contributed by atoms with Crippen LogP contribution in [0.15, 0.2) is 17.0 Å². The minimum absolute atomic E-state index is 0.0482. The molecule has 42 heavy (non-hydrogen) atoms. The Morgan fingerprint density at radius 1 is 0.881 bits per heavy atom. The standard InChI is InChI=1S/C32H53N5O4S/c1-25-21-30(41-4)22-26(2)32(25)42(39,40)33(3)15-12-31(38)37-16-11-29(24-37)36-19-17-35(18-20-36)28-9-7-27(8-10-28)23-34-13-5-6-14-34/h21-22,27-29H,5-20,23-24H2,1-4H3. The number of methoxy groups -OCH3 is 1. The first-order valence-electron chi connectivity index (χ1n) is 16.3. The Hall–Kier alpha value is -1.72. The van der Waals surface area contributed by atoms with Crippen LogP contribution >= 0.6 is 0 Å². The van der Waals surface area contributed by atoms with Crippen molar-refractivity contribution in [3.05, 3.63) is 23.3 Å². The van der Waals surface area contributed by atoms with E-state index in [4.69, 9.17) is 4.74 Å². The lowest BCUT2D eigenvalue weighted by Crippen LogP contribution is -2.54. The van der Waals surface area contributed by atoms with Crippen LogP contribution in [0.4, 0.5) is 0 Å². The SMILES string of the molecule is COc1cc(C)c(S(=O)(=O)N(C)CCC(=O)N2CCC(N3CCN(C4CCC(CN5CCCC5)CC4)CC3)C2)c(C)c1. The highest BCUT2D eigenvalue weighted by Gasteiger charge is 2.35. The highest BCUT2D eigenvalue weighted by Crippen LogP contribution is 2.31. The van der Waals surface area contributed by atoms with E-state index in [1.807, 2.05) is 4.90 Å². The van der Waals surface area contributed by atoms with Crippen LogP contribution in [0.5, 0.6) is 5.75 Å². The zero-order chi connectivity index (χ0) is 29.9. The topological polar surface area (TPSA) is 76.6 Å². The van der Waals surface area contributed by atoms with Crippen molar-refractivity contribution in [2.24, 2.45) is 5.92 Å². The van der Waals surface area contributed by atoms with Gasteiger partial charge in [-0.25, -0.2) is 12.7 Å². The fourth-order valence-electron chi connectivity index (χ4n) is 7.88.